The van der Waals surface area contributed by atoms with Crippen molar-refractivity contribution in [2.24, 2.45) is 23.7 Å². The Bertz CT molecular complexity index is 701. The highest BCUT2D eigenvalue weighted by molar-refractivity contribution is 5.93. The van der Waals surface area contributed by atoms with E-state index < -0.39 is 0 Å². The first kappa shape index (κ1) is 18.3. The van der Waals surface area contributed by atoms with Crippen LogP contribution in [-0.4, -0.2) is 18.0 Å². The molecule has 0 saturated heterocycles. The molecule has 0 aromatic heterocycles. The molecule has 4 rings (SSSR count). The Labute approximate surface area is 161 Å². The van der Waals surface area contributed by atoms with Gasteiger partial charge in [0.1, 0.15) is 0 Å². The van der Waals surface area contributed by atoms with E-state index in [1.54, 1.807) is 0 Å². The molecule has 3 fully saturated rings. The van der Waals surface area contributed by atoms with E-state index in [0.29, 0.717) is 12.5 Å². The van der Waals surface area contributed by atoms with E-state index >= 15 is 0 Å². The van der Waals surface area contributed by atoms with Crippen molar-refractivity contribution in [2.45, 2.75) is 64.5 Å². The molecule has 5 nitrogen and oxygen atoms in total. The van der Waals surface area contributed by atoms with E-state index in [4.69, 9.17) is 0 Å². The van der Waals surface area contributed by atoms with Crippen LogP contribution in [0, 0.1) is 23.7 Å². The largest absolute Gasteiger partial charge is 0.335 e. The molecular formula is C22H31N3O2. The van der Waals surface area contributed by atoms with Gasteiger partial charge in [-0.15, -0.1) is 0 Å². The molecule has 0 radical (unpaired) electrons. The fraction of sp³-hybridized carbons (Fsp3) is 0.636. The minimum atomic E-state index is -0.103. The van der Waals surface area contributed by atoms with Crippen molar-refractivity contribution < 1.29 is 9.59 Å². The first-order valence-corrected chi connectivity index (χ1v) is 10.5. The molecule has 5 heteroatoms. The molecule has 3 amide bonds. The van der Waals surface area contributed by atoms with Crippen molar-refractivity contribution in [1.29, 1.82) is 0 Å². The predicted molar refractivity (Wildman–Crippen MR) is 106 cm³/mol. The van der Waals surface area contributed by atoms with Gasteiger partial charge in [-0.2, -0.15) is 0 Å². The van der Waals surface area contributed by atoms with Crippen LogP contribution >= 0.6 is 0 Å². The van der Waals surface area contributed by atoms with Gasteiger partial charge in [0.15, 0.2) is 0 Å². The Balaban J connectivity index is 1.23. The van der Waals surface area contributed by atoms with Crippen LogP contribution in [0.1, 0.15) is 57.4 Å². The summed E-state index contributed by atoms with van der Waals surface area (Å²) in [6, 6.07) is 7.86. The summed E-state index contributed by atoms with van der Waals surface area (Å²) in [7, 11) is 0. The number of amides is 3. The molecule has 0 aliphatic heterocycles. The van der Waals surface area contributed by atoms with Gasteiger partial charge in [-0.3, -0.25) is 4.79 Å². The van der Waals surface area contributed by atoms with Gasteiger partial charge in [0.05, 0.1) is 0 Å². The molecule has 1 aromatic rings. The number of urea groups is 1. The predicted octanol–water partition coefficient (Wildman–Crippen LogP) is 4.05. The zero-order valence-corrected chi connectivity index (χ0v) is 16.2. The molecule has 2 bridgehead atoms. The second-order valence-corrected chi connectivity index (χ2v) is 8.77. The zero-order valence-electron chi connectivity index (χ0n) is 16.2. The second-order valence-electron chi connectivity index (χ2n) is 8.77. The summed E-state index contributed by atoms with van der Waals surface area (Å²) in [5, 5.41) is 9.08. The Morgan fingerprint density at radius 2 is 2.00 bits per heavy atom. The van der Waals surface area contributed by atoms with Gasteiger partial charge < -0.3 is 16.0 Å². The third kappa shape index (κ3) is 4.28. The summed E-state index contributed by atoms with van der Waals surface area (Å²) < 4.78 is 0. The third-order valence-corrected chi connectivity index (χ3v) is 6.92. The maximum atomic E-state index is 12.3. The van der Waals surface area contributed by atoms with E-state index in [1.165, 1.54) is 25.7 Å². The van der Waals surface area contributed by atoms with Crippen LogP contribution in [0.5, 0.6) is 0 Å². The minimum absolute atomic E-state index is 0.103. The molecule has 146 valence electrons. The van der Waals surface area contributed by atoms with Crippen molar-refractivity contribution in [2.75, 3.05) is 5.32 Å². The van der Waals surface area contributed by atoms with Gasteiger partial charge in [0, 0.05) is 24.2 Å². The average molecular weight is 370 g/mol. The van der Waals surface area contributed by atoms with Crippen molar-refractivity contribution in [3.8, 4) is 0 Å². The molecule has 3 N–H and O–H groups in total. The van der Waals surface area contributed by atoms with Crippen molar-refractivity contribution in [3.63, 3.8) is 0 Å². The summed E-state index contributed by atoms with van der Waals surface area (Å²) in [5.74, 6) is 2.62. The van der Waals surface area contributed by atoms with Gasteiger partial charge in [-0.05, 0) is 74.5 Å². The zero-order chi connectivity index (χ0) is 18.8. The Hall–Kier alpha value is -2.04. The number of rotatable bonds is 6. The van der Waals surface area contributed by atoms with Gasteiger partial charge in [0.2, 0.25) is 5.91 Å². The number of benzene rings is 1. The number of hydrogen-bond donors (Lipinski definition) is 3. The van der Waals surface area contributed by atoms with Crippen LogP contribution in [0.3, 0.4) is 0 Å². The first-order chi connectivity index (χ1) is 13.1. The summed E-state index contributed by atoms with van der Waals surface area (Å²) >= 11 is 0. The normalized spacial score (nSPS) is 27.7. The quantitative estimate of drug-likeness (QED) is 0.708. The van der Waals surface area contributed by atoms with Gasteiger partial charge in [-0.1, -0.05) is 25.0 Å². The highest BCUT2D eigenvalue weighted by Gasteiger charge is 2.42. The summed E-state index contributed by atoms with van der Waals surface area (Å²) in [4.78, 5) is 24.4. The first-order valence-electron chi connectivity index (χ1n) is 10.5. The molecule has 4 unspecified atom stereocenters. The number of nitrogens with one attached hydrogen (secondary N) is 3. The third-order valence-electron chi connectivity index (χ3n) is 6.92. The molecule has 4 atom stereocenters. The number of hydrogen-bond acceptors (Lipinski definition) is 2. The number of anilines is 1. The lowest BCUT2D eigenvalue weighted by molar-refractivity contribution is -0.122. The summed E-state index contributed by atoms with van der Waals surface area (Å²) in [6.45, 7) is 2.60. The van der Waals surface area contributed by atoms with Crippen LogP contribution in [0.2, 0.25) is 0 Å². The van der Waals surface area contributed by atoms with E-state index in [0.717, 1.165) is 42.3 Å². The topological polar surface area (TPSA) is 70.2 Å². The van der Waals surface area contributed by atoms with Gasteiger partial charge in [-0.25, -0.2) is 4.79 Å². The van der Waals surface area contributed by atoms with Crippen molar-refractivity contribution >= 4 is 17.6 Å². The lowest BCUT2D eigenvalue weighted by Crippen LogP contribution is -2.45. The van der Waals surface area contributed by atoms with Crippen molar-refractivity contribution in [3.05, 3.63) is 29.8 Å². The number of fused-ring (bicyclic) bond motifs is 2. The van der Waals surface area contributed by atoms with Gasteiger partial charge in [0.25, 0.3) is 0 Å². The molecular weight excluding hydrogens is 338 g/mol. The maximum absolute atomic E-state index is 12.3. The van der Waals surface area contributed by atoms with Crippen LogP contribution in [0.25, 0.3) is 0 Å². The molecule has 27 heavy (non-hydrogen) atoms. The average Bonchev–Trinajstić information content (AvgIpc) is 3.22. The monoisotopic (exact) mass is 369 g/mol. The Kier molecular flexibility index (Phi) is 5.37. The SMILES string of the molecule is CC(NC(=O)NCc1cccc(NC(=O)C2CCC2)c1)C1CC2CCC1C2. The molecule has 3 saturated carbocycles. The maximum Gasteiger partial charge on any atom is 0.315 e. The highest BCUT2D eigenvalue weighted by Crippen LogP contribution is 2.49. The van der Waals surface area contributed by atoms with E-state index in [2.05, 4.69) is 22.9 Å². The molecule has 3 aliphatic carbocycles. The van der Waals surface area contributed by atoms with Crippen LogP contribution < -0.4 is 16.0 Å². The summed E-state index contributed by atoms with van der Waals surface area (Å²) in [5.41, 5.74) is 1.80. The van der Waals surface area contributed by atoms with Gasteiger partial charge >= 0.3 is 6.03 Å². The summed E-state index contributed by atoms with van der Waals surface area (Å²) in [6.07, 6.45) is 8.49. The standard InChI is InChI=1S/C22H31N3O2/c1-14(20-12-15-8-9-18(20)10-15)24-22(27)23-13-16-4-2-7-19(11-16)25-21(26)17-5-3-6-17/h2,4,7,11,14-15,17-18,20H,3,5-6,8-10,12-13H2,1H3,(H,25,26)(H2,23,24,27). The number of carbonyl (C=O) groups is 2. The molecule has 3 aliphatic rings. The van der Waals surface area contributed by atoms with E-state index in [-0.39, 0.29) is 23.9 Å². The van der Waals surface area contributed by atoms with E-state index in [1.807, 2.05) is 24.3 Å². The Morgan fingerprint density at radius 3 is 2.67 bits per heavy atom. The molecule has 1 aromatic carbocycles. The lowest BCUT2D eigenvalue weighted by atomic mass is 9.84. The molecule has 0 spiro atoms. The lowest BCUT2D eigenvalue weighted by Gasteiger charge is -2.28. The second kappa shape index (κ2) is 7.91. The fourth-order valence-electron chi connectivity index (χ4n) is 5.13. The smallest absolute Gasteiger partial charge is 0.315 e. The van der Waals surface area contributed by atoms with Crippen LogP contribution in [0.15, 0.2) is 24.3 Å². The fourth-order valence-corrected chi connectivity index (χ4v) is 5.13. The van der Waals surface area contributed by atoms with E-state index in [9.17, 15) is 9.59 Å². The van der Waals surface area contributed by atoms with Crippen molar-refractivity contribution in [1.82, 2.24) is 10.6 Å². The minimum Gasteiger partial charge on any atom is -0.335 e. The highest BCUT2D eigenvalue weighted by atomic mass is 16.2. The Morgan fingerprint density at radius 1 is 1.15 bits per heavy atom. The van der Waals surface area contributed by atoms with Crippen LogP contribution in [0.4, 0.5) is 10.5 Å². The van der Waals surface area contributed by atoms with Crippen LogP contribution in [-0.2, 0) is 11.3 Å². The molecule has 0 heterocycles. The number of carbonyl (C=O) groups excluding carboxylic acids is 2.